The summed E-state index contributed by atoms with van der Waals surface area (Å²) in [4.78, 5) is 16.0. The van der Waals surface area contributed by atoms with Crippen LogP contribution in [0.4, 0.5) is 0 Å². The summed E-state index contributed by atoms with van der Waals surface area (Å²) in [5.41, 5.74) is 2.22. The highest BCUT2D eigenvalue weighted by molar-refractivity contribution is 5.78. The molecule has 1 aromatic carbocycles. The molecule has 0 atom stereocenters. The maximum Gasteiger partial charge on any atom is 0.237 e. The number of nitrogens with zero attached hydrogens (tertiary/aromatic N) is 2. The van der Waals surface area contributed by atoms with E-state index < -0.39 is 0 Å². The van der Waals surface area contributed by atoms with Crippen LogP contribution < -0.4 is 4.74 Å². The Morgan fingerprint density at radius 3 is 2.41 bits per heavy atom. The molecule has 0 N–H and O–H groups in total. The zero-order valence-electron chi connectivity index (χ0n) is 14.3. The smallest absolute Gasteiger partial charge is 0.237 e. The molecule has 0 fully saturated rings. The second kappa shape index (κ2) is 9.26. The van der Waals surface area contributed by atoms with E-state index in [1.807, 2.05) is 61.9 Å². The molecule has 0 saturated carbocycles. The minimum absolute atomic E-state index is 0.128. The van der Waals surface area contributed by atoms with Gasteiger partial charge in [-0.25, -0.2) is 0 Å². The van der Waals surface area contributed by atoms with Gasteiger partial charge >= 0.3 is 0 Å². The van der Waals surface area contributed by atoms with Gasteiger partial charge in [-0.15, -0.1) is 0 Å². The average Bonchev–Trinajstić information content (AvgIpc) is 2.46. The molecule has 0 heterocycles. The topological polar surface area (TPSA) is 32.8 Å². The molecule has 0 bridgehead atoms. The van der Waals surface area contributed by atoms with Crippen molar-refractivity contribution in [2.45, 2.75) is 20.8 Å². The van der Waals surface area contributed by atoms with E-state index in [1.54, 1.807) is 0 Å². The molecular formula is C18H28N2O2. The molecule has 1 aromatic rings. The highest BCUT2D eigenvalue weighted by Crippen LogP contribution is 2.11. The summed E-state index contributed by atoms with van der Waals surface area (Å²) in [7, 11) is 1.94. The molecule has 0 aliphatic rings. The van der Waals surface area contributed by atoms with Gasteiger partial charge in [0, 0.05) is 19.6 Å². The van der Waals surface area contributed by atoms with Crippen LogP contribution in [-0.4, -0.2) is 55.5 Å². The predicted molar refractivity (Wildman–Crippen MR) is 91.2 cm³/mol. The molecule has 4 nitrogen and oxygen atoms in total. The summed E-state index contributed by atoms with van der Waals surface area (Å²) in [6.45, 7) is 12.9. The minimum Gasteiger partial charge on any atom is -0.492 e. The molecule has 0 unspecified atom stereocenters. The van der Waals surface area contributed by atoms with Crippen LogP contribution in [0.15, 0.2) is 36.4 Å². The first-order valence-corrected chi connectivity index (χ1v) is 7.72. The Bertz CT molecular complexity index is 482. The number of ether oxygens (including phenoxy) is 1. The number of benzene rings is 1. The van der Waals surface area contributed by atoms with Crippen molar-refractivity contribution in [1.29, 1.82) is 0 Å². The largest absolute Gasteiger partial charge is 0.492 e. The summed E-state index contributed by atoms with van der Waals surface area (Å²) in [5.74, 6) is 0.992. The molecule has 4 heteroatoms. The number of carbonyl (C=O) groups excluding carboxylic acids is 1. The molecular weight excluding hydrogens is 276 g/mol. The Balaban J connectivity index is 2.32. The minimum atomic E-state index is 0.128. The third kappa shape index (κ3) is 6.76. The summed E-state index contributed by atoms with van der Waals surface area (Å²) in [5, 5.41) is 0. The van der Waals surface area contributed by atoms with Crippen LogP contribution in [0.25, 0.3) is 0 Å². The predicted octanol–water partition coefficient (Wildman–Crippen LogP) is 2.73. The number of aryl methyl sites for hydroxylation is 1. The van der Waals surface area contributed by atoms with E-state index >= 15 is 0 Å². The number of rotatable bonds is 9. The van der Waals surface area contributed by atoms with Crippen molar-refractivity contribution >= 4 is 5.91 Å². The zero-order valence-corrected chi connectivity index (χ0v) is 14.3. The highest BCUT2D eigenvalue weighted by atomic mass is 16.5. The van der Waals surface area contributed by atoms with Gasteiger partial charge in [0.15, 0.2) is 0 Å². The molecule has 0 aliphatic carbocycles. The maximum atomic E-state index is 12.2. The van der Waals surface area contributed by atoms with E-state index in [4.69, 9.17) is 4.74 Å². The molecule has 0 aromatic heterocycles. The summed E-state index contributed by atoms with van der Waals surface area (Å²) < 4.78 is 5.68. The third-order valence-electron chi connectivity index (χ3n) is 3.36. The lowest BCUT2D eigenvalue weighted by Gasteiger charge is -2.24. The molecule has 0 aliphatic heterocycles. The van der Waals surface area contributed by atoms with Crippen LogP contribution in [0.2, 0.25) is 0 Å². The van der Waals surface area contributed by atoms with Gasteiger partial charge in [0.1, 0.15) is 12.4 Å². The number of hydrogen-bond acceptors (Lipinski definition) is 3. The van der Waals surface area contributed by atoms with E-state index in [9.17, 15) is 4.79 Å². The van der Waals surface area contributed by atoms with Crippen LogP contribution in [0.3, 0.4) is 0 Å². The molecule has 122 valence electrons. The van der Waals surface area contributed by atoms with Crippen molar-refractivity contribution in [2.24, 2.45) is 0 Å². The first-order valence-electron chi connectivity index (χ1n) is 7.72. The zero-order chi connectivity index (χ0) is 16.5. The standard InChI is InChI=1S/C18H28N2O2/c1-6-20(13-15(2)3)18(21)14-19(5)11-12-22-17-9-7-16(4)8-10-17/h7-10H,2,6,11-14H2,1,3-5H3. The second-order valence-electron chi connectivity index (χ2n) is 5.76. The van der Waals surface area contributed by atoms with Crippen molar-refractivity contribution in [3.63, 3.8) is 0 Å². The van der Waals surface area contributed by atoms with Gasteiger partial charge in [0.25, 0.3) is 0 Å². The summed E-state index contributed by atoms with van der Waals surface area (Å²) in [6.07, 6.45) is 0. The van der Waals surface area contributed by atoms with Crippen LogP contribution >= 0.6 is 0 Å². The second-order valence-corrected chi connectivity index (χ2v) is 5.76. The Morgan fingerprint density at radius 1 is 1.23 bits per heavy atom. The van der Waals surface area contributed by atoms with Crippen molar-refractivity contribution in [1.82, 2.24) is 9.80 Å². The van der Waals surface area contributed by atoms with Crippen LogP contribution in [0.1, 0.15) is 19.4 Å². The lowest BCUT2D eigenvalue weighted by Crippen LogP contribution is -2.40. The molecule has 0 spiro atoms. The quantitative estimate of drug-likeness (QED) is 0.658. The van der Waals surface area contributed by atoms with Crippen molar-refractivity contribution in [3.8, 4) is 5.75 Å². The van der Waals surface area contributed by atoms with Crippen LogP contribution in [-0.2, 0) is 4.79 Å². The molecule has 1 rings (SSSR count). The Kier molecular flexibility index (Phi) is 7.67. The molecule has 22 heavy (non-hydrogen) atoms. The fraction of sp³-hybridized carbons (Fsp3) is 0.500. The van der Waals surface area contributed by atoms with Crippen molar-refractivity contribution < 1.29 is 9.53 Å². The van der Waals surface area contributed by atoms with E-state index in [0.29, 0.717) is 32.8 Å². The Morgan fingerprint density at radius 2 is 1.86 bits per heavy atom. The third-order valence-corrected chi connectivity index (χ3v) is 3.36. The summed E-state index contributed by atoms with van der Waals surface area (Å²) >= 11 is 0. The molecule has 0 radical (unpaired) electrons. The number of hydrogen-bond donors (Lipinski definition) is 0. The van der Waals surface area contributed by atoms with Crippen LogP contribution in [0.5, 0.6) is 5.75 Å². The monoisotopic (exact) mass is 304 g/mol. The maximum absolute atomic E-state index is 12.2. The molecule has 1 amide bonds. The molecule has 0 saturated heterocycles. The van der Waals surface area contributed by atoms with Gasteiger partial charge in [-0.05, 0) is 40.0 Å². The lowest BCUT2D eigenvalue weighted by atomic mass is 10.2. The van der Waals surface area contributed by atoms with Gasteiger partial charge in [-0.1, -0.05) is 29.8 Å². The SMILES string of the molecule is C=C(C)CN(CC)C(=O)CN(C)CCOc1ccc(C)cc1. The van der Waals surface area contributed by atoms with E-state index in [2.05, 4.69) is 6.58 Å². The van der Waals surface area contributed by atoms with E-state index in [1.165, 1.54) is 5.56 Å². The Labute approximate surface area is 134 Å². The first kappa shape index (κ1) is 18.2. The highest BCUT2D eigenvalue weighted by Gasteiger charge is 2.13. The van der Waals surface area contributed by atoms with Crippen molar-refractivity contribution in [3.05, 3.63) is 42.0 Å². The van der Waals surface area contributed by atoms with Gasteiger partial charge in [0.2, 0.25) is 5.91 Å². The summed E-state index contributed by atoms with van der Waals surface area (Å²) in [6, 6.07) is 7.98. The normalized spacial score (nSPS) is 10.6. The van der Waals surface area contributed by atoms with Gasteiger partial charge < -0.3 is 9.64 Å². The number of amides is 1. The average molecular weight is 304 g/mol. The lowest BCUT2D eigenvalue weighted by molar-refractivity contribution is -0.131. The Hall–Kier alpha value is -1.81. The van der Waals surface area contributed by atoms with Gasteiger partial charge in [0.05, 0.1) is 6.54 Å². The number of carbonyl (C=O) groups is 1. The van der Waals surface area contributed by atoms with Gasteiger partial charge in [-0.3, -0.25) is 9.69 Å². The fourth-order valence-corrected chi connectivity index (χ4v) is 2.07. The first-order chi connectivity index (χ1) is 10.4. The number of likely N-dealkylation sites (N-methyl/N-ethyl adjacent to an activating group) is 2. The van der Waals surface area contributed by atoms with Gasteiger partial charge in [-0.2, -0.15) is 0 Å². The van der Waals surface area contributed by atoms with E-state index in [0.717, 1.165) is 11.3 Å². The van der Waals surface area contributed by atoms with Crippen molar-refractivity contribution in [2.75, 3.05) is 39.8 Å². The van der Waals surface area contributed by atoms with Crippen LogP contribution in [0, 0.1) is 6.92 Å². The van der Waals surface area contributed by atoms with E-state index in [-0.39, 0.29) is 5.91 Å². The fourth-order valence-electron chi connectivity index (χ4n) is 2.07.